The van der Waals surface area contributed by atoms with Crippen LogP contribution in [0.25, 0.3) is 11.6 Å². The lowest BCUT2D eigenvalue weighted by molar-refractivity contribution is -0.136. The predicted molar refractivity (Wildman–Crippen MR) is 87.5 cm³/mol. The number of benzene rings is 1. The number of hydrogen-bond donors (Lipinski definition) is 1. The zero-order chi connectivity index (χ0) is 15.4. The molecule has 0 spiro atoms. The van der Waals surface area contributed by atoms with Crippen LogP contribution in [0, 0.1) is 0 Å². The van der Waals surface area contributed by atoms with Gasteiger partial charge in [0.25, 0.3) is 0 Å². The van der Waals surface area contributed by atoms with Crippen molar-refractivity contribution in [2.45, 2.75) is 6.92 Å². The van der Waals surface area contributed by atoms with Crippen LogP contribution >= 0.6 is 34.5 Å². The average molecular weight is 343 g/mol. The molecule has 0 aliphatic rings. The van der Waals surface area contributed by atoms with Crippen molar-refractivity contribution in [3.63, 3.8) is 0 Å². The lowest BCUT2D eigenvalue weighted by Crippen LogP contribution is -2.07. The van der Waals surface area contributed by atoms with Gasteiger partial charge in [0.2, 0.25) is 0 Å². The molecular weight excluding hydrogens is 331 g/mol. The van der Waals surface area contributed by atoms with Crippen molar-refractivity contribution in [1.29, 1.82) is 0 Å². The molecule has 0 atom stereocenters. The second-order valence-electron chi connectivity index (χ2n) is 3.98. The largest absolute Gasteiger partial charge is 0.462 e. The number of anilines is 1. The Hall–Kier alpha value is -1.56. The molecule has 110 valence electrons. The molecule has 0 fully saturated rings. The Morgan fingerprint density at radius 1 is 1.43 bits per heavy atom. The molecule has 7 heteroatoms. The zero-order valence-electron chi connectivity index (χ0n) is 11.1. The van der Waals surface area contributed by atoms with E-state index in [1.807, 2.05) is 0 Å². The molecular formula is C14H12Cl2N2O2S. The highest BCUT2D eigenvalue weighted by Crippen LogP contribution is 2.30. The first-order valence-electron chi connectivity index (χ1n) is 6.07. The monoisotopic (exact) mass is 342 g/mol. The van der Waals surface area contributed by atoms with E-state index in [0.29, 0.717) is 26.4 Å². The highest BCUT2D eigenvalue weighted by molar-refractivity contribution is 7.13. The fourth-order valence-corrected chi connectivity index (χ4v) is 2.72. The number of nitrogen functional groups attached to an aromatic ring is 1. The number of carbonyl (C=O) groups is 1. The molecule has 2 aromatic rings. The molecule has 2 N–H and O–H groups in total. The first kappa shape index (κ1) is 15.8. The van der Waals surface area contributed by atoms with Crippen molar-refractivity contribution >= 4 is 57.3 Å². The predicted octanol–water partition coefficient (Wildman–Crippen LogP) is 4.14. The molecule has 1 aromatic heterocycles. The van der Waals surface area contributed by atoms with E-state index in [-0.39, 0.29) is 12.2 Å². The molecule has 0 amide bonds. The summed E-state index contributed by atoms with van der Waals surface area (Å²) in [6.45, 7) is 1.99. The van der Waals surface area contributed by atoms with Crippen LogP contribution in [-0.2, 0) is 9.53 Å². The van der Waals surface area contributed by atoms with Crippen molar-refractivity contribution in [2.75, 3.05) is 12.3 Å². The minimum atomic E-state index is -0.501. The van der Waals surface area contributed by atoms with E-state index in [4.69, 9.17) is 33.7 Å². The number of ether oxygens (including phenoxy) is 1. The minimum absolute atomic E-state index is 0.256. The number of nitrogens with zero attached hydrogens (tertiary/aromatic N) is 1. The maximum atomic E-state index is 12.1. The molecule has 0 unspecified atom stereocenters. The second kappa shape index (κ2) is 6.93. The molecule has 0 aliphatic carbocycles. The highest BCUT2D eigenvalue weighted by Gasteiger charge is 2.18. The fraction of sp³-hybridized carbons (Fsp3) is 0.143. The molecule has 0 saturated heterocycles. The van der Waals surface area contributed by atoms with Crippen LogP contribution in [0.3, 0.4) is 0 Å². The van der Waals surface area contributed by atoms with E-state index in [1.165, 1.54) is 11.3 Å². The second-order valence-corrected chi connectivity index (χ2v) is 5.69. The van der Waals surface area contributed by atoms with Gasteiger partial charge in [-0.1, -0.05) is 29.3 Å². The summed E-state index contributed by atoms with van der Waals surface area (Å²) in [4.78, 5) is 16.2. The van der Waals surface area contributed by atoms with E-state index in [2.05, 4.69) is 4.98 Å². The van der Waals surface area contributed by atoms with Crippen molar-refractivity contribution in [2.24, 2.45) is 0 Å². The minimum Gasteiger partial charge on any atom is -0.462 e. The van der Waals surface area contributed by atoms with Crippen LogP contribution < -0.4 is 5.73 Å². The fourth-order valence-electron chi connectivity index (χ4n) is 1.65. The Kier molecular flexibility index (Phi) is 5.22. The van der Waals surface area contributed by atoms with Gasteiger partial charge in [-0.05, 0) is 25.1 Å². The van der Waals surface area contributed by atoms with Gasteiger partial charge in [0.05, 0.1) is 17.9 Å². The number of rotatable bonds is 4. The summed E-state index contributed by atoms with van der Waals surface area (Å²) in [7, 11) is 0. The maximum Gasteiger partial charge on any atom is 0.340 e. The number of esters is 1. The zero-order valence-corrected chi connectivity index (χ0v) is 13.4. The number of carbonyl (C=O) groups excluding carboxylic acids is 1. The van der Waals surface area contributed by atoms with E-state index in [0.717, 1.165) is 0 Å². The quantitative estimate of drug-likeness (QED) is 0.669. The molecule has 1 heterocycles. The number of halogens is 2. The molecule has 21 heavy (non-hydrogen) atoms. The van der Waals surface area contributed by atoms with Crippen molar-refractivity contribution in [3.05, 3.63) is 44.9 Å². The van der Waals surface area contributed by atoms with Crippen molar-refractivity contribution in [3.8, 4) is 0 Å². The van der Waals surface area contributed by atoms with E-state index >= 15 is 0 Å². The van der Waals surface area contributed by atoms with Gasteiger partial charge in [-0.3, -0.25) is 0 Å². The highest BCUT2D eigenvalue weighted by atomic mass is 35.5. The summed E-state index contributed by atoms with van der Waals surface area (Å²) in [6, 6.07) is 5.11. The van der Waals surface area contributed by atoms with Gasteiger partial charge in [0.1, 0.15) is 0 Å². The van der Waals surface area contributed by atoms with Crippen LogP contribution in [-0.4, -0.2) is 17.6 Å². The summed E-state index contributed by atoms with van der Waals surface area (Å²) < 4.78 is 5.05. The third-order valence-electron chi connectivity index (χ3n) is 2.58. The van der Waals surface area contributed by atoms with Gasteiger partial charge in [0, 0.05) is 21.0 Å². The SMILES string of the molecule is CCOC(=O)C(=Cc1c(Cl)cccc1Cl)c1csc(N)n1. The lowest BCUT2D eigenvalue weighted by Gasteiger charge is -2.07. The Labute approximate surface area is 136 Å². The summed E-state index contributed by atoms with van der Waals surface area (Å²) in [6.07, 6.45) is 1.57. The lowest BCUT2D eigenvalue weighted by atomic mass is 10.1. The Bertz CT molecular complexity index is 678. The van der Waals surface area contributed by atoms with E-state index < -0.39 is 5.97 Å². The smallest absolute Gasteiger partial charge is 0.340 e. The van der Waals surface area contributed by atoms with Gasteiger partial charge in [-0.15, -0.1) is 11.3 Å². The van der Waals surface area contributed by atoms with E-state index in [1.54, 1.807) is 36.6 Å². The number of thiazole rings is 1. The van der Waals surface area contributed by atoms with E-state index in [9.17, 15) is 4.79 Å². The van der Waals surface area contributed by atoms with Crippen LogP contribution in [0.4, 0.5) is 5.13 Å². The Morgan fingerprint density at radius 3 is 2.62 bits per heavy atom. The molecule has 0 saturated carbocycles. The number of hydrogen-bond acceptors (Lipinski definition) is 5. The van der Waals surface area contributed by atoms with Crippen LogP contribution in [0.15, 0.2) is 23.6 Å². The summed E-state index contributed by atoms with van der Waals surface area (Å²) in [5.41, 5.74) is 6.86. The molecule has 1 aromatic carbocycles. The van der Waals surface area contributed by atoms with Gasteiger partial charge >= 0.3 is 5.97 Å². The summed E-state index contributed by atoms with van der Waals surface area (Å²) >= 11 is 13.5. The average Bonchev–Trinajstić information content (AvgIpc) is 2.85. The van der Waals surface area contributed by atoms with Gasteiger partial charge < -0.3 is 10.5 Å². The Balaban J connectivity index is 2.54. The number of aromatic nitrogens is 1. The molecule has 0 bridgehead atoms. The maximum absolute atomic E-state index is 12.1. The normalized spacial score (nSPS) is 11.5. The third-order valence-corrected chi connectivity index (χ3v) is 3.91. The third kappa shape index (κ3) is 3.75. The standard InChI is InChI=1S/C14H12Cl2N2O2S/c1-2-20-13(19)9(12-7-21-14(17)18-12)6-8-10(15)4-3-5-11(8)16/h3-7H,2H2,1H3,(H2,17,18). The first-order chi connectivity index (χ1) is 10.0. The van der Waals surface area contributed by atoms with Crippen molar-refractivity contribution in [1.82, 2.24) is 4.98 Å². The van der Waals surface area contributed by atoms with Crippen LogP contribution in [0.1, 0.15) is 18.2 Å². The first-order valence-corrected chi connectivity index (χ1v) is 7.70. The van der Waals surface area contributed by atoms with Crippen LogP contribution in [0.5, 0.6) is 0 Å². The van der Waals surface area contributed by atoms with Gasteiger partial charge in [-0.2, -0.15) is 0 Å². The van der Waals surface area contributed by atoms with Gasteiger partial charge in [0.15, 0.2) is 5.13 Å². The number of nitrogens with two attached hydrogens (primary N) is 1. The summed E-state index contributed by atoms with van der Waals surface area (Å²) in [5.74, 6) is -0.501. The molecule has 0 radical (unpaired) electrons. The topological polar surface area (TPSA) is 65.2 Å². The summed E-state index contributed by atoms with van der Waals surface area (Å²) in [5, 5.41) is 2.92. The van der Waals surface area contributed by atoms with Crippen LogP contribution in [0.2, 0.25) is 10.0 Å². The molecule has 2 rings (SSSR count). The molecule has 4 nitrogen and oxygen atoms in total. The Morgan fingerprint density at radius 2 is 2.10 bits per heavy atom. The van der Waals surface area contributed by atoms with Gasteiger partial charge in [-0.25, -0.2) is 9.78 Å². The van der Waals surface area contributed by atoms with Crippen molar-refractivity contribution < 1.29 is 9.53 Å². The molecule has 0 aliphatic heterocycles.